The smallest absolute Gasteiger partial charge is 0.124 e. The van der Waals surface area contributed by atoms with Crippen molar-refractivity contribution in [1.82, 2.24) is 4.90 Å². The third kappa shape index (κ3) is 3.28. The highest BCUT2D eigenvalue weighted by atomic mass is 15.3. The molecule has 0 aliphatic carbocycles. The average Bonchev–Trinajstić information content (AvgIpc) is 2.56. The predicted octanol–water partition coefficient (Wildman–Crippen LogP) is 2.29. The normalized spacial score (nSPS) is 15.7. The number of para-hydroxylation sites is 1. The van der Waals surface area contributed by atoms with Gasteiger partial charge in [0.15, 0.2) is 0 Å². The first kappa shape index (κ1) is 14.6. The summed E-state index contributed by atoms with van der Waals surface area (Å²) in [5.74, 6) is 0.141. The molecule has 4 heteroatoms. The van der Waals surface area contributed by atoms with Crippen LogP contribution in [0.2, 0.25) is 0 Å². The Morgan fingerprint density at radius 1 is 0.909 bits per heavy atom. The third-order valence-corrected chi connectivity index (χ3v) is 4.16. The van der Waals surface area contributed by atoms with Gasteiger partial charge in [0.25, 0.3) is 0 Å². The van der Waals surface area contributed by atoms with Crippen molar-refractivity contribution in [2.45, 2.75) is 6.54 Å². The zero-order valence-corrected chi connectivity index (χ0v) is 12.7. The highest BCUT2D eigenvalue weighted by Gasteiger charge is 2.19. The van der Waals surface area contributed by atoms with Gasteiger partial charge in [-0.2, -0.15) is 0 Å². The van der Waals surface area contributed by atoms with Crippen LogP contribution in [0, 0.1) is 5.41 Å². The van der Waals surface area contributed by atoms with E-state index in [4.69, 9.17) is 11.1 Å². The fourth-order valence-electron chi connectivity index (χ4n) is 2.97. The quantitative estimate of drug-likeness (QED) is 0.672. The Balaban J connectivity index is 1.64. The molecule has 3 rings (SSSR count). The minimum absolute atomic E-state index is 0.141. The minimum atomic E-state index is 0.141. The molecule has 1 saturated heterocycles. The van der Waals surface area contributed by atoms with Gasteiger partial charge >= 0.3 is 0 Å². The lowest BCUT2D eigenvalue weighted by Gasteiger charge is -2.37. The highest BCUT2D eigenvalue weighted by Crippen LogP contribution is 2.21. The van der Waals surface area contributed by atoms with Crippen molar-refractivity contribution < 1.29 is 0 Å². The number of piperazine rings is 1. The van der Waals surface area contributed by atoms with E-state index in [9.17, 15) is 0 Å². The van der Waals surface area contributed by atoms with Crippen LogP contribution < -0.4 is 10.6 Å². The van der Waals surface area contributed by atoms with Crippen LogP contribution >= 0.6 is 0 Å². The summed E-state index contributed by atoms with van der Waals surface area (Å²) >= 11 is 0. The van der Waals surface area contributed by atoms with Crippen molar-refractivity contribution in [2.75, 3.05) is 31.1 Å². The molecule has 2 aromatic rings. The molecule has 3 N–H and O–H groups in total. The molecule has 0 spiro atoms. The highest BCUT2D eigenvalue weighted by molar-refractivity contribution is 6.00. The molecule has 22 heavy (non-hydrogen) atoms. The Hall–Kier alpha value is -2.33. The summed E-state index contributed by atoms with van der Waals surface area (Å²) in [5, 5.41) is 7.72. The summed E-state index contributed by atoms with van der Waals surface area (Å²) in [5.41, 5.74) is 8.97. The van der Waals surface area contributed by atoms with Crippen LogP contribution in [0.3, 0.4) is 0 Å². The number of nitrogens with one attached hydrogen (secondary N) is 1. The number of rotatable bonds is 4. The molecule has 1 aliphatic heterocycles. The van der Waals surface area contributed by atoms with Gasteiger partial charge in [-0.1, -0.05) is 42.5 Å². The molecule has 0 amide bonds. The van der Waals surface area contributed by atoms with Crippen LogP contribution in [0.25, 0.3) is 0 Å². The Bertz CT molecular complexity index is 631. The van der Waals surface area contributed by atoms with Gasteiger partial charge in [0.2, 0.25) is 0 Å². The van der Waals surface area contributed by atoms with Crippen molar-refractivity contribution >= 4 is 11.5 Å². The van der Waals surface area contributed by atoms with Gasteiger partial charge in [0.05, 0.1) is 0 Å². The van der Waals surface area contributed by atoms with Crippen LogP contribution in [0.4, 0.5) is 5.69 Å². The van der Waals surface area contributed by atoms with E-state index < -0.39 is 0 Å². The van der Waals surface area contributed by atoms with Crippen molar-refractivity contribution in [3.05, 3.63) is 65.7 Å². The van der Waals surface area contributed by atoms with E-state index in [0.29, 0.717) is 0 Å². The Kier molecular flexibility index (Phi) is 4.39. The average molecular weight is 294 g/mol. The molecule has 114 valence electrons. The summed E-state index contributed by atoms with van der Waals surface area (Å²) in [4.78, 5) is 4.81. The maximum atomic E-state index is 7.72. The summed E-state index contributed by atoms with van der Waals surface area (Å²) in [6, 6.07) is 18.5. The fourth-order valence-corrected chi connectivity index (χ4v) is 2.97. The lowest BCUT2D eigenvalue weighted by atomic mass is 10.1. The molecule has 1 fully saturated rings. The summed E-state index contributed by atoms with van der Waals surface area (Å²) < 4.78 is 0. The number of nitrogens with two attached hydrogens (primary N) is 1. The number of hydrogen-bond acceptors (Lipinski definition) is 3. The van der Waals surface area contributed by atoms with Crippen LogP contribution in [-0.4, -0.2) is 36.9 Å². The molecule has 0 unspecified atom stereocenters. The zero-order valence-electron chi connectivity index (χ0n) is 12.7. The van der Waals surface area contributed by atoms with Crippen molar-refractivity contribution in [2.24, 2.45) is 5.73 Å². The standard InChI is InChI=1S/C18H22N4/c19-18(20)16-8-4-5-9-17(16)22-12-10-21(11-13-22)14-15-6-2-1-3-7-15/h1-9H,10-14H2,(H3,19,20). The number of benzene rings is 2. The summed E-state index contributed by atoms with van der Waals surface area (Å²) in [7, 11) is 0. The minimum Gasteiger partial charge on any atom is -0.384 e. The molecular formula is C18H22N4. The van der Waals surface area contributed by atoms with Crippen LogP contribution in [0.1, 0.15) is 11.1 Å². The maximum Gasteiger partial charge on any atom is 0.124 e. The second kappa shape index (κ2) is 6.62. The Morgan fingerprint density at radius 2 is 1.55 bits per heavy atom. The molecule has 0 aromatic heterocycles. The van der Waals surface area contributed by atoms with Gasteiger partial charge in [-0.25, -0.2) is 0 Å². The molecule has 0 radical (unpaired) electrons. The molecule has 0 bridgehead atoms. The number of nitrogens with zero attached hydrogens (tertiary/aromatic N) is 2. The van der Waals surface area contributed by atoms with E-state index in [-0.39, 0.29) is 5.84 Å². The van der Waals surface area contributed by atoms with Crippen molar-refractivity contribution in [3.8, 4) is 0 Å². The van der Waals surface area contributed by atoms with E-state index in [1.54, 1.807) is 0 Å². The van der Waals surface area contributed by atoms with Gasteiger partial charge in [-0.3, -0.25) is 10.3 Å². The first-order valence-electron chi connectivity index (χ1n) is 7.69. The third-order valence-electron chi connectivity index (χ3n) is 4.16. The second-order valence-electron chi connectivity index (χ2n) is 5.68. The number of anilines is 1. The SMILES string of the molecule is N=C(N)c1ccccc1N1CCN(Cc2ccccc2)CC1. The molecule has 1 aliphatic rings. The lowest BCUT2D eigenvalue weighted by Crippen LogP contribution is -2.46. The van der Waals surface area contributed by atoms with E-state index in [2.05, 4.69) is 46.2 Å². The van der Waals surface area contributed by atoms with Crippen LogP contribution in [0.15, 0.2) is 54.6 Å². The molecule has 1 heterocycles. The first-order chi connectivity index (χ1) is 10.7. The monoisotopic (exact) mass is 294 g/mol. The molecule has 2 aromatic carbocycles. The van der Waals surface area contributed by atoms with Crippen molar-refractivity contribution in [1.29, 1.82) is 5.41 Å². The zero-order chi connectivity index (χ0) is 15.4. The largest absolute Gasteiger partial charge is 0.384 e. The summed E-state index contributed by atoms with van der Waals surface area (Å²) in [6.07, 6.45) is 0. The maximum absolute atomic E-state index is 7.72. The van der Waals surface area contributed by atoms with Crippen molar-refractivity contribution in [3.63, 3.8) is 0 Å². The number of amidine groups is 1. The topological polar surface area (TPSA) is 56.4 Å². The van der Waals surface area contributed by atoms with Crippen LogP contribution in [-0.2, 0) is 6.54 Å². The van der Waals surface area contributed by atoms with E-state index >= 15 is 0 Å². The number of hydrogen-bond donors (Lipinski definition) is 2. The molecule has 0 atom stereocenters. The van der Waals surface area contributed by atoms with Gasteiger partial charge < -0.3 is 10.6 Å². The van der Waals surface area contributed by atoms with Crippen LogP contribution in [0.5, 0.6) is 0 Å². The lowest BCUT2D eigenvalue weighted by molar-refractivity contribution is 0.250. The Morgan fingerprint density at radius 3 is 2.23 bits per heavy atom. The number of nitrogen functional groups attached to an aromatic ring is 1. The molecule has 4 nitrogen and oxygen atoms in total. The predicted molar refractivity (Wildman–Crippen MR) is 91.4 cm³/mol. The second-order valence-corrected chi connectivity index (χ2v) is 5.68. The molecular weight excluding hydrogens is 272 g/mol. The van der Waals surface area contributed by atoms with Gasteiger partial charge in [-0.15, -0.1) is 0 Å². The van der Waals surface area contributed by atoms with Gasteiger partial charge in [-0.05, 0) is 17.7 Å². The van der Waals surface area contributed by atoms with Gasteiger partial charge in [0.1, 0.15) is 5.84 Å². The fraction of sp³-hybridized carbons (Fsp3) is 0.278. The van der Waals surface area contributed by atoms with E-state index in [0.717, 1.165) is 44.0 Å². The Labute approximate surface area is 131 Å². The van der Waals surface area contributed by atoms with Gasteiger partial charge in [0, 0.05) is 44.0 Å². The summed E-state index contributed by atoms with van der Waals surface area (Å²) in [6.45, 7) is 5.00. The first-order valence-corrected chi connectivity index (χ1v) is 7.69. The van der Waals surface area contributed by atoms with E-state index in [1.165, 1.54) is 5.56 Å². The van der Waals surface area contributed by atoms with E-state index in [1.807, 2.05) is 18.2 Å². The molecule has 0 saturated carbocycles.